The van der Waals surface area contributed by atoms with Crippen molar-refractivity contribution in [2.24, 2.45) is 0 Å². The average Bonchev–Trinajstić information content (AvgIpc) is 2.87. The van der Waals surface area contributed by atoms with Crippen LogP contribution in [0.15, 0.2) is 61.2 Å². The highest BCUT2D eigenvalue weighted by Gasteiger charge is 2.46. The lowest BCUT2D eigenvalue weighted by Gasteiger charge is -2.19. The van der Waals surface area contributed by atoms with Gasteiger partial charge >= 0.3 is 6.03 Å². The van der Waals surface area contributed by atoms with Crippen LogP contribution in [0.2, 0.25) is 0 Å². The van der Waals surface area contributed by atoms with Crippen LogP contribution in [0.4, 0.5) is 20.6 Å². The van der Waals surface area contributed by atoms with E-state index in [0.717, 1.165) is 10.5 Å². The molecule has 3 rings (SSSR count). The minimum Gasteiger partial charge on any atom is -0.326 e. The molecular formula is C21H20FN3O3. The van der Waals surface area contributed by atoms with Crippen LogP contribution in [-0.2, 0) is 9.59 Å². The van der Waals surface area contributed by atoms with Crippen molar-refractivity contribution in [3.05, 3.63) is 72.6 Å². The molecule has 28 heavy (non-hydrogen) atoms. The van der Waals surface area contributed by atoms with Gasteiger partial charge in [0.2, 0.25) is 5.91 Å². The lowest BCUT2D eigenvalue weighted by atomic mass is 10.1. The van der Waals surface area contributed by atoms with E-state index in [1.165, 1.54) is 29.2 Å². The second kappa shape index (κ2) is 8.04. The van der Waals surface area contributed by atoms with Gasteiger partial charge in [0.1, 0.15) is 11.9 Å². The van der Waals surface area contributed by atoms with Crippen molar-refractivity contribution in [2.75, 3.05) is 16.8 Å². The zero-order valence-corrected chi connectivity index (χ0v) is 15.4. The van der Waals surface area contributed by atoms with Gasteiger partial charge in [-0.2, -0.15) is 0 Å². The number of halogens is 1. The fourth-order valence-corrected chi connectivity index (χ4v) is 3.07. The van der Waals surface area contributed by atoms with E-state index in [0.29, 0.717) is 5.69 Å². The summed E-state index contributed by atoms with van der Waals surface area (Å²) in [5.41, 5.74) is 1.73. The summed E-state index contributed by atoms with van der Waals surface area (Å²) < 4.78 is 13.3. The maximum absolute atomic E-state index is 13.3. The normalized spacial score (nSPS) is 16.4. The van der Waals surface area contributed by atoms with E-state index in [4.69, 9.17) is 0 Å². The van der Waals surface area contributed by atoms with Crippen molar-refractivity contribution in [3.8, 4) is 0 Å². The van der Waals surface area contributed by atoms with E-state index >= 15 is 0 Å². The summed E-state index contributed by atoms with van der Waals surface area (Å²) >= 11 is 0. The Kier molecular flexibility index (Phi) is 5.54. The fourth-order valence-electron chi connectivity index (χ4n) is 3.07. The maximum atomic E-state index is 13.3. The van der Waals surface area contributed by atoms with Gasteiger partial charge in [0.15, 0.2) is 0 Å². The standard InChI is InChI=1S/C21H20FN3O3/c1-3-11-24-18(13-19(26)23-16-6-4-5-15(22)12-16)20(27)25(21(24)28)17-9-7-14(2)8-10-17/h3-10,12,18H,1,11,13H2,2H3,(H,23,26). The molecule has 1 saturated heterocycles. The Morgan fingerprint density at radius 1 is 1.21 bits per heavy atom. The SMILES string of the molecule is C=CCN1C(=O)N(c2ccc(C)cc2)C(=O)C1CC(=O)Nc1cccc(F)c1. The Bertz CT molecular complexity index is 927. The summed E-state index contributed by atoms with van der Waals surface area (Å²) in [5.74, 6) is -1.45. The number of carbonyl (C=O) groups is 3. The molecule has 1 unspecified atom stereocenters. The van der Waals surface area contributed by atoms with Gasteiger partial charge in [-0.05, 0) is 37.3 Å². The molecule has 1 N–H and O–H groups in total. The summed E-state index contributed by atoms with van der Waals surface area (Å²) in [6.07, 6.45) is 1.26. The highest BCUT2D eigenvalue weighted by molar-refractivity contribution is 6.22. The molecule has 1 aliphatic heterocycles. The van der Waals surface area contributed by atoms with Gasteiger partial charge in [-0.15, -0.1) is 6.58 Å². The van der Waals surface area contributed by atoms with Crippen LogP contribution in [0, 0.1) is 12.7 Å². The number of hydrogen-bond donors (Lipinski definition) is 1. The molecule has 1 atom stereocenters. The van der Waals surface area contributed by atoms with Gasteiger partial charge in [0.05, 0.1) is 12.1 Å². The molecule has 2 aromatic carbocycles. The lowest BCUT2D eigenvalue weighted by Crippen LogP contribution is -2.38. The van der Waals surface area contributed by atoms with Crippen molar-refractivity contribution in [1.82, 2.24) is 4.90 Å². The van der Waals surface area contributed by atoms with E-state index in [1.807, 2.05) is 6.92 Å². The molecule has 6 nitrogen and oxygen atoms in total. The highest BCUT2D eigenvalue weighted by atomic mass is 19.1. The van der Waals surface area contributed by atoms with Crippen molar-refractivity contribution < 1.29 is 18.8 Å². The largest absolute Gasteiger partial charge is 0.332 e. The number of hydrogen-bond acceptors (Lipinski definition) is 3. The number of imide groups is 1. The number of anilines is 2. The molecular weight excluding hydrogens is 361 g/mol. The Labute approximate surface area is 162 Å². The molecule has 1 fully saturated rings. The van der Waals surface area contributed by atoms with Gasteiger partial charge in [0.25, 0.3) is 5.91 Å². The third-order valence-electron chi connectivity index (χ3n) is 4.42. The minimum absolute atomic E-state index is 0.130. The van der Waals surface area contributed by atoms with Crippen LogP contribution >= 0.6 is 0 Å². The van der Waals surface area contributed by atoms with Crippen molar-refractivity contribution in [1.29, 1.82) is 0 Å². The van der Waals surface area contributed by atoms with Crippen LogP contribution in [0.5, 0.6) is 0 Å². The maximum Gasteiger partial charge on any atom is 0.332 e. The molecule has 7 heteroatoms. The average molecular weight is 381 g/mol. The van der Waals surface area contributed by atoms with Crippen LogP contribution < -0.4 is 10.2 Å². The van der Waals surface area contributed by atoms with Crippen LogP contribution in [-0.4, -0.2) is 35.3 Å². The van der Waals surface area contributed by atoms with E-state index < -0.39 is 29.7 Å². The first-order valence-electron chi connectivity index (χ1n) is 8.78. The van der Waals surface area contributed by atoms with Crippen LogP contribution in [0.25, 0.3) is 0 Å². The first kappa shape index (κ1) is 19.3. The Morgan fingerprint density at radius 2 is 1.93 bits per heavy atom. The minimum atomic E-state index is -0.958. The predicted octanol–water partition coefficient (Wildman–Crippen LogP) is 3.49. The second-order valence-corrected chi connectivity index (χ2v) is 6.51. The first-order valence-corrected chi connectivity index (χ1v) is 8.78. The fraction of sp³-hybridized carbons (Fsp3) is 0.190. The molecule has 1 aliphatic rings. The van der Waals surface area contributed by atoms with E-state index in [-0.39, 0.29) is 18.7 Å². The molecule has 0 aromatic heterocycles. The first-order chi connectivity index (χ1) is 13.4. The summed E-state index contributed by atoms with van der Waals surface area (Å²) in [6, 6.07) is 11.0. The number of carbonyl (C=O) groups excluding carboxylic acids is 3. The molecule has 4 amide bonds. The molecule has 0 spiro atoms. The number of rotatable bonds is 6. The van der Waals surface area contributed by atoms with Gasteiger partial charge < -0.3 is 10.2 Å². The van der Waals surface area contributed by atoms with E-state index in [2.05, 4.69) is 11.9 Å². The molecule has 144 valence electrons. The predicted molar refractivity (Wildman–Crippen MR) is 104 cm³/mol. The van der Waals surface area contributed by atoms with Gasteiger partial charge in [0, 0.05) is 12.2 Å². The quantitative estimate of drug-likeness (QED) is 0.615. The lowest BCUT2D eigenvalue weighted by molar-refractivity contribution is -0.124. The number of amides is 4. The third kappa shape index (κ3) is 3.93. The third-order valence-corrected chi connectivity index (χ3v) is 4.42. The van der Waals surface area contributed by atoms with E-state index in [1.54, 1.807) is 30.3 Å². The molecule has 2 aromatic rings. The Hall–Kier alpha value is -3.48. The smallest absolute Gasteiger partial charge is 0.326 e. The van der Waals surface area contributed by atoms with Crippen LogP contribution in [0.1, 0.15) is 12.0 Å². The van der Waals surface area contributed by atoms with Gasteiger partial charge in [-0.25, -0.2) is 14.1 Å². The summed E-state index contributed by atoms with van der Waals surface area (Å²) in [6.45, 7) is 5.65. The monoisotopic (exact) mass is 381 g/mol. The van der Waals surface area contributed by atoms with Crippen molar-refractivity contribution in [3.63, 3.8) is 0 Å². The zero-order valence-electron chi connectivity index (χ0n) is 15.4. The highest BCUT2D eigenvalue weighted by Crippen LogP contribution is 2.27. The zero-order chi connectivity index (χ0) is 20.3. The summed E-state index contributed by atoms with van der Waals surface area (Å²) in [5, 5.41) is 2.56. The number of aryl methyl sites for hydroxylation is 1. The van der Waals surface area contributed by atoms with Crippen molar-refractivity contribution in [2.45, 2.75) is 19.4 Å². The topological polar surface area (TPSA) is 69.7 Å². The molecule has 0 saturated carbocycles. The summed E-state index contributed by atoms with van der Waals surface area (Å²) in [4.78, 5) is 40.5. The molecule has 0 radical (unpaired) electrons. The van der Waals surface area contributed by atoms with Crippen molar-refractivity contribution >= 4 is 29.2 Å². The Balaban J connectivity index is 1.80. The second-order valence-electron chi connectivity index (χ2n) is 6.51. The van der Waals surface area contributed by atoms with Crippen LogP contribution in [0.3, 0.4) is 0 Å². The number of benzene rings is 2. The number of nitrogens with one attached hydrogen (secondary N) is 1. The van der Waals surface area contributed by atoms with Gasteiger partial charge in [-0.3, -0.25) is 9.59 Å². The summed E-state index contributed by atoms with van der Waals surface area (Å²) in [7, 11) is 0. The van der Waals surface area contributed by atoms with E-state index in [9.17, 15) is 18.8 Å². The Morgan fingerprint density at radius 3 is 2.57 bits per heavy atom. The number of nitrogens with zero attached hydrogens (tertiary/aromatic N) is 2. The molecule has 0 aliphatic carbocycles. The molecule has 1 heterocycles. The number of urea groups is 1. The molecule has 0 bridgehead atoms. The van der Waals surface area contributed by atoms with Gasteiger partial charge in [-0.1, -0.05) is 29.8 Å².